The number of hydrogen-bond acceptors (Lipinski definition) is 3. The highest BCUT2D eigenvalue weighted by atomic mass is 16.3. The van der Waals surface area contributed by atoms with E-state index in [1.54, 1.807) is 19.2 Å². The minimum absolute atomic E-state index is 0.156. The number of benzene rings is 1. The third kappa shape index (κ3) is 2.75. The molecule has 4 aliphatic rings. The molecule has 4 aliphatic carbocycles. The summed E-state index contributed by atoms with van der Waals surface area (Å²) >= 11 is 0. The first kappa shape index (κ1) is 16.8. The van der Waals surface area contributed by atoms with E-state index < -0.39 is 5.69 Å². The zero-order valence-electron chi connectivity index (χ0n) is 15.7. The van der Waals surface area contributed by atoms with E-state index >= 15 is 0 Å². The highest BCUT2D eigenvalue weighted by Crippen LogP contribution is 2.61. The second kappa shape index (κ2) is 5.85. The molecular formula is C22H26N2O3. The zero-order valence-corrected chi connectivity index (χ0v) is 15.7. The van der Waals surface area contributed by atoms with Crippen molar-refractivity contribution in [2.45, 2.75) is 57.4 Å². The van der Waals surface area contributed by atoms with E-state index in [-0.39, 0.29) is 11.0 Å². The molecule has 142 valence electrons. The molecule has 0 aliphatic heterocycles. The van der Waals surface area contributed by atoms with Gasteiger partial charge in [0.2, 0.25) is 0 Å². The maximum atomic E-state index is 12.0. The van der Waals surface area contributed by atoms with Crippen LogP contribution in [-0.2, 0) is 12.0 Å². The molecule has 0 unspecified atom stereocenters. The number of aryl methyl sites for hydroxylation is 1. The lowest BCUT2D eigenvalue weighted by Crippen LogP contribution is -2.48. The van der Waals surface area contributed by atoms with Gasteiger partial charge in [-0.05, 0) is 80.2 Å². The monoisotopic (exact) mass is 366 g/mol. The van der Waals surface area contributed by atoms with Crippen LogP contribution in [0.1, 0.15) is 55.2 Å². The Morgan fingerprint density at radius 2 is 1.74 bits per heavy atom. The largest absolute Gasteiger partial charge is 0.508 e. The van der Waals surface area contributed by atoms with Crippen LogP contribution in [0, 0.1) is 24.7 Å². The van der Waals surface area contributed by atoms with Gasteiger partial charge in [-0.2, -0.15) is 0 Å². The summed E-state index contributed by atoms with van der Waals surface area (Å²) < 4.78 is 1.48. The van der Waals surface area contributed by atoms with Gasteiger partial charge in [-0.1, -0.05) is 12.1 Å². The minimum atomic E-state index is -0.421. The van der Waals surface area contributed by atoms with Crippen LogP contribution in [-0.4, -0.2) is 14.7 Å². The maximum absolute atomic E-state index is 12.0. The Morgan fingerprint density at radius 1 is 1.11 bits per heavy atom. The third-order valence-corrected chi connectivity index (χ3v) is 7.21. The number of nitrogens with zero attached hydrogens (tertiary/aromatic N) is 1. The Morgan fingerprint density at radius 3 is 2.33 bits per heavy atom. The number of aromatic hydroxyl groups is 1. The molecule has 2 aromatic rings. The Balaban J connectivity index is 1.46. The molecule has 1 aromatic carbocycles. The second-order valence-electron chi connectivity index (χ2n) is 9.25. The van der Waals surface area contributed by atoms with E-state index in [9.17, 15) is 14.7 Å². The first-order chi connectivity index (χ1) is 12.9. The van der Waals surface area contributed by atoms with Gasteiger partial charge in [-0.3, -0.25) is 14.3 Å². The number of nitrogens with one attached hydrogen (secondary N) is 1. The molecule has 0 spiro atoms. The van der Waals surface area contributed by atoms with Crippen molar-refractivity contribution in [3.8, 4) is 5.75 Å². The van der Waals surface area contributed by atoms with E-state index in [0.717, 1.165) is 28.9 Å². The van der Waals surface area contributed by atoms with Crippen LogP contribution in [0.15, 0.2) is 34.0 Å². The predicted molar refractivity (Wildman–Crippen MR) is 103 cm³/mol. The fourth-order valence-corrected chi connectivity index (χ4v) is 6.50. The summed E-state index contributed by atoms with van der Waals surface area (Å²) in [6.07, 6.45) is 9.36. The van der Waals surface area contributed by atoms with Gasteiger partial charge >= 0.3 is 5.69 Å². The maximum Gasteiger partial charge on any atom is 0.328 e. The molecule has 0 atom stereocenters. The van der Waals surface area contributed by atoms with Crippen LogP contribution in [0.2, 0.25) is 0 Å². The lowest BCUT2D eigenvalue weighted by Gasteiger charge is -2.57. The molecule has 4 fully saturated rings. The number of aromatic amines is 1. The molecule has 2 N–H and O–H groups in total. The van der Waals surface area contributed by atoms with Gasteiger partial charge < -0.3 is 5.11 Å². The van der Waals surface area contributed by atoms with E-state index in [1.165, 1.54) is 43.1 Å². The smallest absolute Gasteiger partial charge is 0.328 e. The standard InChI is InChI=1S/C22H26N2O3/c1-13-11-24(21(27)23-20(13)26)12-14-2-3-18(19(25)7-14)22-8-15-4-16(9-22)6-17(5-15)10-22/h2-3,7,11,15-17,25H,4-6,8-10,12H2,1H3,(H,23,26,27). The first-order valence-corrected chi connectivity index (χ1v) is 10.0. The van der Waals surface area contributed by atoms with E-state index in [4.69, 9.17) is 0 Å². The molecule has 5 heteroatoms. The molecule has 6 rings (SSSR count). The molecule has 5 nitrogen and oxygen atoms in total. The Labute approximate surface area is 158 Å². The fourth-order valence-electron chi connectivity index (χ4n) is 6.50. The van der Waals surface area contributed by atoms with Gasteiger partial charge in [0, 0.05) is 17.3 Å². The van der Waals surface area contributed by atoms with Gasteiger partial charge in [0.15, 0.2) is 0 Å². The highest BCUT2D eigenvalue weighted by Gasteiger charge is 2.52. The normalized spacial score (nSPS) is 31.4. The Hall–Kier alpha value is -2.30. The third-order valence-electron chi connectivity index (χ3n) is 7.21. The summed E-state index contributed by atoms with van der Waals surface area (Å²) in [7, 11) is 0. The second-order valence-corrected chi connectivity index (χ2v) is 9.25. The molecule has 0 radical (unpaired) electrons. The average molecular weight is 366 g/mol. The van der Waals surface area contributed by atoms with Gasteiger partial charge in [-0.15, -0.1) is 0 Å². The number of H-pyrrole nitrogens is 1. The zero-order chi connectivity index (χ0) is 18.8. The lowest BCUT2D eigenvalue weighted by atomic mass is 9.48. The summed E-state index contributed by atoms with van der Waals surface area (Å²) in [6, 6.07) is 5.92. The summed E-state index contributed by atoms with van der Waals surface area (Å²) in [5.41, 5.74) is 1.86. The van der Waals surface area contributed by atoms with Crippen molar-refractivity contribution >= 4 is 0 Å². The van der Waals surface area contributed by atoms with Crippen LogP contribution in [0.3, 0.4) is 0 Å². The first-order valence-electron chi connectivity index (χ1n) is 10.0. The van der Waals surface area contributed by atoms with Crippen molar-refractivity contribution in [3.05, 3.63) is 61.9 Å². The molecule has 0 amide bonds. The van der Waals surface area contributed by atoms with Crippen LogP contribution in [0.25, 0.3) is 0 Å². The Bertz CT molecular complexity index is 982. The SMILES string of the molecule is Cc1cn(Cc2ccc(C34CC5CC(CC(C5)C3)C4)c(O)c2)c(=O)[nH]c1=O. The molecule has 0 saturated heterocycles. The lowest BCUT2D eigenvalue weighted by molar-refractivity contribution is -0.00614. The van der Waals surface area contributed by atoms with Crippen LogP contribution in [0.4, 0.5) is 0 Å². The topological polar surface area (TPSA) is 75.1 Å². The van der Waals surface area contributed by atoms with E-state index in [1.807, 2.05) is 6.07 Å². The summed E-state index contributed by atoms with van der Waals surface area (Å²) in [4.78, 5) is 25.9. The quantitative estimate of drug-likeness (QED) is 0.877. The molecule has 27 heavy (non-hydrogen) atoms. The van der Waals surface area contributed by atoms with Crippen molar-refractivity contribution in [1.82, 2.24) is 9.55 Å². The predicted octanol–water partition coefficient (Wildman–Crippen LogP) is 3.07. The van der Waals surface area contributed by atoms with Crippen molar-refractivity contribution in [1.29, 1.82) is 0 Å². The molecular weight excluding hydrogens is 340 g/mol. The molecule has 1 aromatic heterocycles. The van der Waals surface area contributed by atoms with Crippen LogP contribution >= 0.6 is 0 Å². The number of aromatic nitrogens is 2. The van der Waals surface area contributed by atoms with Crippen LogP contribution < -0.4 is 11.2 Å². The van der Waals surface area contributed by atoms with Crippen molar-refractivity contribution in [2.24, 2.45) is 17.8 Å². The summed E-state index contributed by atoms with van der Waals surface area (Å²) in [5, 5.41) is 10.9. The number of phenolic OH excluding ortho intramolecular Hbond substituents is 1. The summed E-state index contributed by atoms with van der Waals surface area (Å²) in [5.74, 6) is 2.86. The summed E-state index contributed by atoms with van der Waals surface area (Å²) in [6.45, 7) is 2.02. The van der Waals surface area contributed by atoms with Crippen molar-refractivity contribution in [2.75, 3.05) is 0 Å². The van der Waals surface area contributed by atoms with Crippen LogP contribution in [0.5, 0.6) is 5.75 Å². The fraction of sp³-hybridized carbons (Fsp3) is 0.545. The van der Waals surface area contributed by atoms with Crippen molar-refractivity contribution < 1.29 is 5.11 Å². The average Bonchev–Trinajstić information content (AvgIpc) is 2.58. The van der Waals surface area contributed by atoms with Gasteiger partial charge in [0.1, 0.15) is 5.75 Å². The molecule has 1 heterocycles. The van der Waals surface area contributed by atoms with Gasteiger partial charge in [0.25, 0.3) is 5.56 Å². The van der Waals surface area contributed by atoms with Gasteiger partial charge in [-0.25, -0.2) is 4.79 Å². The Kier molecular flexibility index (Phi) is 3.65. The van der Waals surface area contributed by atoms with Gasteiger partial charge in [0.05, 0.1) is 6.54 Å². The number of hydrogen-bond donors (Lipinski definition) is 2. The van der Waals surface area contributed by atoms with E-state index in [0.29, 0.717) is 17.9 Å². The molecule has 4 bridgehead atoms. The number of rotatable bonds is 3. The van der Waals surface area contributed by atoms with E-state index in [2.05, 4.69) is 11.1 Å². The minimum Gasteiger partial charge on any atom is -0.508 e. The van der Waals surface area contributed by atoms with Crippen molar-refractivity contribution in [3.63, 3.8) is 0 Å². The highest BCUT2D eigenvalue weighted by molar-refractivity contribution is 5.43. The number of phenols is 1. The molecule has 4 saturated carbocycles.